The lowest BCUT2D eigenvalue weighted by molar-refractivity contribution is -0.120. The van der Waals surface area contributed by atoms with E-state index in [-0.39, 0.29) is 11.8 Å². The van der Waals surface area contributed by atoms with Crippen LogP contribution in [-0.2, 0) is 9.59 Å². The van der Waals surface area contributed by atoms with Crippen molar-refractivity contribution in [2.24, 2.45) is 5.73 Å². The third-order valence-corrected chi connectivity index (χ3v) is 2.30. The summed E-state index contributed by atoms with van der Waals surface area (Å²) >= 11 is 0. The molecule has 0 atom stereocenters. The molecule has 0 bridgehead atoms. The van der Waals surface area contributed by atoms with Crippen LogP contribution < -0.4 is 16.4 Å². The van der Waals surface area contributed by atoms with Gasteiger partial charge in [-0.2, -0.15) is 0 Å². The van der Waals surface area contributed by atoms with Crippen LogP contribution in [0.4, 0.5) is 0 Å². The summed E-state index contributed by atoms with van der Waals surface area (Å²) in [6.45, 7) is 1.03. The summed E-state index contributed by atoms with van der Waals surface area (Å²) in [7, 11) is 0. The highest BCUT2D eigenvalue weighted by Crippen LogP contribution is 2.17. The zero-order valence-electron chi connectivity index (χ0n) is 8.92. The molecule has 86 valence electrons. The van der Waals surface area contributed by atoms with Crippen molar-refractivity contribution in [2.45, 2.75) is 38.1 Å². The standard InChI is InChI=1S/C10H19N3O2/c11-9(14)3-1-2-6-12-10(15)7-13-8-4-5-8/h8,13H,1-7H2,(H2,11,14)(H,12,15). The number of nitrogens with one attached hydrogen (secondary N) is 2. The van der Waals surface area contributed by atoms with Gasteiger partial charge in [-0.25, -0.2) is 0 Å². The van der Waals surface area contributed by atoms with Crippen LogP contribution in [0.3, 0.4) is 0 Å². The number of unbranched alkanes of at least 4 members (excludes halogenated alkanes) is 1. The minimum absolute atomic E-state index is 0.0287. The topological polar surface area (TPSA) is 84.2 Å². The number of hydrogen-bond acceptors (Lipinski definition) is 3. The lowest BCUT2D eigenvalue weighted by Crippen LogP contribution is -2.35. The number of nitrogens with two attached hydrogens (primary N) is 1. The summed E-state index contributed by atoms with van der Waals surface area (Å²) in [5.41, 5.74) is 4.99. The maximum atomic E-state index is 11.2. The summed E-state index contributed by atoms with van der Waals surface area (Å²) in [5.74, 6) is -0.252. The molecule has 5 nitrogen and oxygen atoms in total. The van der Waals surface area contributed by atoms with Crippen molar-refractivity contribution in [1.29, 1.82) is 0 Å². The van der Waals surface area contributed by atoms with Crippen LogP contribution in [0.2, 0.25) is 0 Å². The summed E-state index contributed by atoms with van der Waals surface area (Å²) < 4.78 is 0. The molecule has 0 saturated heterocycles. The van der Waals surface area contributed by atoms with E-state index < -0.39 is 0 Å². The second-order valence-corrected chi connectivity index (χ2v) is 3.93. The molecule has 5 heteroatoms. The predicted octanol–water partition coefficient (Wildman–Crippen LogP) is -0.490. The Labute approximate surface area is 89.8 Å². The van der Waals surface area contributed by atoms with Crippen LogP contribution in [0, 0.1) is 0 Å². The molecular weight excluding hydrogens is 194 g/mol. The first-order valence-electron chi connectivity index (χ1n) is 5.47. The van der Waals surface area contributed by atoms with Crippen molar-refractivity contribution in [1.82, 2.24) is 10.6 Å². The molecule has 0 spiro atoms. The van der Waals surface area contributed by atoms with E-state index >= 15 is 0 Å². The van der Waals surface area contributed by atoms with Crippen molar-refractivity contribution in [3.05, 3.63) is 0 Å². The number of primary amides is 1. The van der Waals surface area contributed by atoms with Gasteiger partial charge in [0.05, 0.1) is 6.54 Å². The van der Waals surface area contributed by atoms with Gasteiger partial charge in [0.2, 0.25) is 11.8 Å². The lowest BCUT2D eigenvalue weighted by atomic mass is 10.2. The van der Waals surface area contributed by atoms with Gasteiger partial charge >= 0.3 is 0 Å². The first-order valence-corrected chi connectivity index (χ1v) is 5.47. The number of carbonyl (C=O) groups excluding carboxylic acids is 2. The number of carbonyl (C=O) groups is 2. The molecule has 0 unspecified atom stereocenters. The molecule has 0 aromatic rings. The zero-order valence-corrected chi connectivity index (χ0v) is 8.92. The van der Waals surface area contributed by atoms with Crippen molar-refractivity contribution in [3.63, 3.8) is 0 Å². The molecule has 4 N–H and O–H groups in total. The fraction of sp³-hybridized carbons (Fsp3) is 0.800. The van der Waals surface area contributed by atoms with Gasteiger partial charge in [-0.1, -0.05) is 0 Å². The summed E-state index contributed by atoms with van der Waals surface area (Å²) in [4.78, 5) is 21.6. The Kier molecular flexibility index (Phi) is 5.10. The smallest absolute Gasteiger partial charge is 0.233 e. The largest absolute Gasteiger partial charge is 0.370 e. The Balaban J connectivity index is 1.85. The van der Waals surface area contributed by atoms with Crippen molar-refractivity contribution < 1.29 is 9.59 Å². The van der Waals surface area contributed by atoms with Gasteiger partial charge in [0, 0.05) is 19.0 Å². The normalized spacial score (nSPS) is 14.9. The van der Waals surface area contributed by atoms with E-state index in [1.807, 2.05) is 0 Å². The van der Waals surface area contributed by atoms with E-state index in [0.29, 0.717) is 25.6 Å². The van der Waals surface area contributed by atoms with E-state index in [2.05, 4.69) is 10.6 Å². The number of amides is 2. The molecule has 1 fully saturated rings. The van der Waals surface area contributed by atoms with Gasteiger partial charge in [0.1, 0.15) is 0 Å². The molecule has 0 aliphatic heterocycles. The van der Waals surface area contributed by atoms with Crippen molar-refractivity contribution in [2.75, 3.05) is 13.1 Å². The summed E-state index contributed by atoms with van der Waals surface area (Å²) in [6, 6.07) is 0.561. The fourth-order valence-electron chi connectivity index (χ4n) is 1.24. The van der Waals surface area contributed by atoms with Crippen LogP contribution in [0.5, 0.6) is 0 Å². The number of rotatable bonds is 8. The predicted molar refractivity (Wildman–Crippen MR) is 57.1 cm³/mol. The minimum Gasteiger partial charge on any atom is -0.370 e. The number of hydrogen-bond donors (Lipinski definition) is 3. The monoisotopic (exact) mass is 213 g/mol. The van der Waals surface area contributed by atoms with Crippen LogP contribution in [-0.4, -0.2) is 30.9 Å². The van der Waals surface area contributed by atoms with Gasteiger partial charge in [0.25, 0.3) is 0 Å². The molecule has 0 aromatic heterocycles. The molecule has 0 heterocycles. The van der Waals surface area contributed by atoms with Crippen LogP contribution in [0.15, 0.2) is 0 Å². The summed E-state index contributed by atoms with van der Waals surface area (Å²) in [6.07, 6.45) is 4.32. The van der Waals surface area contributed by atoms with Gasteiger partial charge in [-0.15, -0.1) is 0 Å². The highest BCUT2D eigenvalue weighted by atomic mass is 16.2. The highest BCUT2D eigenvalue weighted by Gasteiger charge is 2.20. The minimum atomic E-state index is -0.281. The highest BCUT2D eigenvalue weighted by molar-refractivity contribution is 5.78. The average Bonchev–Trinajstić information content (AvgIpc) is 2.97. The first-order chi connectivity index (χ1) is 7.18. The van der Waals surface area contributed by atoms with E-state index in [1.165, 1.54) is 12.8 Å². The molecule has 1 aliphatic rings. The van der Waals surface area contributed by atoms with Gasteiger partial charge < -0.3 is 16.4 Å². The molecular formula is C10H19N3O2. The SMILES string of the molecule is NC(=O)CCCCNC(=O)CNC1CC1. The van der Waals surface area contributed by atoms with Crippen molar-refractivity contribution >= 4 is 11.8 Å². The van der Waals surface area contributed by atoms with Gasteiger partial charge in [-0.05, 0) is 25.7 Å². The van der Waals surface area contributed by atoms with E-state index in [9.17, 15) is 9.59 Å². The Hall–Kier alpha value is -1.10. The molecule has 1 saturated carbocycles. The average molecular weight is 213 g/mol. The Morgan fingerprint density at radius 1 is 1.27 bits per heavy atom. The first kappa shape index (κ1) is 12.0. The second-order valence-electron chi connectivity index (χ2n) is 3.93. The maximum absolute atomic E-state index is 11.2. The van der Waals surface area contributed by atoms with Crippen LogP contribution in [0.25, 0.3) is 0 Å². The third-order valence-electron chi connectivity index (χ3n) is 2.30. The maximum Gasteiger partial charge on any atom is 0.233 e. The Bertz CT molecular complexity index is 227. The van der Waals surface area contributed by atoms with Crippen molar-refractivity contribution in [3.8, 4) is 0 Å². The third kappa shape index (κ3) is 6.90. The molecule has 1 rings (SSSR count). The van der Waals surface area contributed by atoms with E-state index in [0.717, 1.165) is 12.8 Å². The van der Waals surface area contributed by atoms with Gasteiger partial charge in [0.15, 0.2) is 0 Å². The zero-order chi connectivity index (χ0) is 11.1. The second kappa shape index (κ2) is 6.40. The molecule has 1 aliphatic carbocycles. The quantitative estimate of drug-likeness (QED) is 0.476. The van der Waals surface area contributed by atoms with Crippen LogP contribution in [0.1, 0.15) is 32.1 Å². The Morgan fingerprint density at radius 3 is 2.60 bits per heavy atom. The molecule has 0 radical (unpaired) electrons. The lowest BCUT2D eigenvalue weighted by Gasteiger charge is -2.05. The fourth-order valence-corrected chi connectivity index (χ4v) is 1.24. The molecule has 0 aromatic carbocycles. The van der Waals surface area contributed by atoms with E-state index in [4.69, 9.17) is 5.73 Å². The van der Waals surface area contributed by atoms with E-state index in [1.54, 1.807) is 0 Å². The van der Waals surface area contributed by atoms with Gasteiger partial charge in [-0.3, -0.25) is 9.59 Å². The molecule has 2 amide bonds. The Morgan fingerprint density at radius 2 is 2.00 bits per heavy atom. The van der Waals surface area contributed by atoms with Crippen LogP contribution >= 0.6 is 0 Å². The summed E-state index contributed by atoms with van der Waals surface area (Å²) in [5, 5.41) is 5.92. The molecule has 15 heavy (non-hydrogen) atoms.